The first kappa shape index (κ1) is 23.5. The number of rotatable bonds is 9. The van der Waals surface area contributed by atoms with E-state index in [1.54, 1.807) is 31.2 Å². The maximum absolute atomic E-state index is 13.6. The molecule has 34 heavy (non-hydrogen) atoms. The SMILES string of the molecule is Cc1cc(Nc2ncnc3cc(OCCCN4CCOCC4)c(NC(=O)C=N)cc23)ccc1F. The number of morpholine rings is 1. The summed E-state index contributed by atoms with van der Waals surface area (Å²) in [5.74, 6) is 0.107. The van der Waals surface area contributed by atoms with E-state index in [1.165, 1.54) is 12.4 Å². The monoisotopic (exact) mass is 466 g/mol. The molecule has 0 radical (unpaired) electrons. The van der Waals surface area contributed by atoms with E-state index in [-0.39, 0.29) is 5.82 Å². The molecule has 0 aliphatic carbocycles. The molecule has 0 bridgehead atoms. The summed E-state index contributed by atoms with van der Waals surface area (Å²) in [5.41, 5.74) is 2.22. The van der Waals surface area contributed by atoms with E-state index in [1.807, 2.05) is 0 Å². The van der Waals surface area contributed by atoms with Crippen LogP contribution in [0.2, 0.25) is 0 Å². The zero-order chi connectivity index (χ0) is 23.9. The molecule has 0 unspecified atom stereocenters. The van der Waals surface area contributed by atoms with Crippen molar-refractivity contribution >= 4 is 40.2 Å². The summed E-state index contributed by atoms with van der Waals surface area (Å²) in [5, 5.41) is 13.8. The summed E-state index contributed by atoms with van der Waals surface area (Å²) in [6.45, 7) is 6.37. The number of amides is 1. The third kappa shape index (κ3) is 5.83. The number of anilines is 3. The second kappa shape index (κ2) is 11.0. The number of hydrogen-bond donors (Lipinski definition) is 3. The second-order valence-electron chi connectivity index (χ2n) is 7.97. The van der Waals surface area contributed by atoms with Crippen LogP contribution in [-0.4, -0.2) is 66.4 Å². The van der Waals surface area contributed by atoms with Crippen LogP contribution in [0.3, 0.4) is 0 Å². The van der Waals surface area contributed by atoms with E-state index in [9.17, 15) is 9.18 Å². The third-order valence-corrected chi connectivity index (χ3v) is 5.53. The predicted molar refractivity (Wildman–Crippen MR) is 129 cm³/mol. The van der Waals surface area contributed by atoms with Crippen LogP contribution in [0, 0.1) is 18.2 Å². The fraction of sp³-hybridized carbons (Fsp3) is 0.333. The molecule has 1 aromatic heterocycles. The molecular formula is C24H27FN6O3. The topological polar surface area (TPSA) is 112 Å². The van der Waals surface area contributed by atoms with Gasteiger partial charge in [0, 0.05) is 36.8 Å². The van der Waals surface area contributed by atoms with Gasteiger partial charge in [-0.2, -0.15) is 0 Å². The molecule has 1 fully saturated rings. The summed E-state index contributed by atoms with van der Waals surface area (Å²) in [6.07, 6.45) is 2.95. The van der Waals surface area contributed by atoms with Crippen LogP contribution in [0.4, 0.5) is 21.6 Å². The van der Waals surface area contributed by atoms with Gasteiger partial charge in [0.05, 0.1) is 37.2 Å². The average molecular weight is 467 g/mol. The normalized spacial score (nSPS) is 14.1. The summed E-state index contributed by atoms with van der Waals surface area (Å²) in [6, 6.07) is 8.16. The van der Waals surface area contributed by atoms with Crippen molar-refractivity contribution in [3.05, 3.63) is 48.0 Å². The Kier molecular flexibility index (Phi) is 7.61. The molecule has 10 heteroatoms. The van der Waals surface area contributed by atoms with Gasteiger partial charge in [-0.1, -0.05) is 0 Å². The lowest BCUT2D eigenvalue weighted by molar-refractivity contribution is -0.110. The predicted octanol–water partition coefficient (Wildman–Crippen LogP) is 3.51. The van der Waals surface area contributed by atoms with Crippen molar-refractivity contribution in [1.29, 1.82) is 5.41 Å². The fourth-order valence-electron chi connectivity index (χ4n) is 3.72. The van der Waals surface area contributed by atoms with E-state index in [0.29, 0.717) is 52.2 Å². The molecule has 1 aliphatic rings. The summed E-state index contributed by atoms with van der Waals surface area (Å²) in [7, 11) is 0. The number of benzene rings is 2. The van der Waals surface area contributed by atoms with E-state index in [4.69, 9.17) is 14.9 Å². The van der Waals surface area contributed by atoms with Crippen molar-refractivity contribution in [3.8, 4) is 5.75 Å². The van der Waals surface area contributed by atoms with Crippen molar-refractivity contribution in [2.75, 3.05) is 50.1 Å². The number of halogens is 1. The highest BCUT2D eigenvalue weighted by molar-refractivity contribution is 6.31. The Labute approximate surface area is 196 Å². The second-order valence-corrected chi connectivity index (χ2v) is 7.97. The Morgan fingerprint density at radius 1 is 1.26 bits per heavy atom. The molecule has 9 nitrogen and oxygen atoms in total. The van der Waals surface area contributed by atoms with Crippen LogP contribution in [-0.2, 0) is 9.53 Å². The zero-order valence-electron chi connectivity index (χ0n) is 18.9. The van der Waals surface area contributed by atoms with Crippen molar-refractivity contribution in [2.45, 2.75) is 13.3 Å². The number of nitrogens with one attached hydrogen (secondary N) is 3. The number of aryl methyl sites for hydroxylation is 1. The van der Waals surface area contributed by atoms with Gasteiger partial charge in [-0.25, -0.2) is 14.4 Å². The van der Waals surface area contributed by atoms with Crippen LogP contribution in [0.25, 0.3) is 10.9 Å². The standard InChI is InChI=1S/C24H27FN6O3/c1-16-11-17(3-4-19(16)25)29-24-18-12-21(30-23(32)14-26)22(13-20(18)27-15-28-24)34-8-2-5-31-6-9-33-10-7-31/h3-4,11-15,26H,2,5-10H2,1H3,(H,30,32)(H,27,28,29). The number of carbonyl (C=O) groups excluding carboxylic acids is 1. The highest BCUT2D eigenvalue weighted by Crippen LogP contribution is 2.33. The van der Waals surface area contributed by atoms with Crippen molar-refractivity contribution in [2.24, 2.45) is 0 Å². The number of fused-ring (bicyclic) bond motifs is 1. The van der Waals surface area contributed by atoms with Gasteiger partial charge in [0.15, 0.2) is 0 Å². The average Bonchev–Trinajstić information content (AvgIpc) is 2.85. The minimum atomic E-state index is -0.571. The largest absolute Gasteiger partial charge is 0.491 e. The molecule has 3 aromatic rings. The molecule has 2 aromatic carbocycles. The molecular weight excluding hydrogens is 439 g/mol. The minimum absolute atomic E-state index is 0.287. The Balaban J connectivity index is 1.56. The van der Waals surface area contributed by atoms with E-state index < -0.39 is 5.91 Å². The van der Waals surface area contributed by atoms with Gasteiger partial charge >= 0.3 is 0 Å². The van der Waals surface area contributed by atoms with E-state index in [2.05, 4.69) is 25.5 Å². The number of aromatic nitrogens is 2. The smallest absolute Gasteiger partial charge is 0.266 e. The van der Waals surface area contributed by atoms with Crippen LogP contribution in [0.15, 0.2) is 36.7 Å². The van der Waals surface area contributed by atoms with E-state index >= 15 is 0 Å². The van der Waals surface area contributed by atoms with Gasteiger partial charge in [-0.3, -0.25) is 9.69 Å². The van der Waals surface area contributed by atoms with Crippen LogP contribution in [0.5, 0.6) is 5.75 Å². The Hall–Kier alpha value is -3.63. The number of ether oxygens (including phenoxy) is 2. The highest BCUT2D eigenvalue weighted by atomic mass is 19.1. The van der Waals surface area contributed by atoms with Crippen LogP contribution >= 0.6 is 0 Å². The minimum Gasteiger partial charge on any atom is -0.491 e. The Bertz CT molecular complexity index is 1180. The molecule has 0 atom stereocenters. The molecule has 2 heterocycles. The van der Waals surface area contributed by atoms with E-state index in [0.717, 1.165) is 39.3 Å². The quantitative estimate of drug-likeness (QED) is 0.327. The van der Waals surface area contributed by atoms with Gasteiger partial charge in [-0.15, -0.1) is 0 Å². The lowest BCUT2D eigenvalue weighted by Crippen LogP contribution is -2.37. The summed E-state index contributed by atoms with van der Waals surface area (Å²) >= 11 is 0. The molecule has 1 aliphatic heterocycles. The van der Waals surface area contributed by atoms with Gasteiger partial charge in [-0.05, 0) is 43.2 Å². The maximum Gasteiger partial charge on any atom is 0.266 e. The Morgan fingerprint density at radius 2 is 2.09 bits per heavy atom. The van der Waals surface area contributed by atoms with Crippen LogP contribution < -0.4 is 15.4 Å². The lowest BCUT2D eigenvalue weighted by Gasteiger charge is -2.26. The lowest BCUT2D eigenvalue weighted by atomic mass is 10.1. The third-order valence-electron chi connectivity index (χ3n) is 5.53. The highest BCUT2D eigenvalue weighted by Gasteiger charge is 2.14. The van der Waals surface area contributed by atoms with Crippen LogP contribution in [0.1, 0.15) is 12.0 Å². The van der Waals surface area contributed by atoms with Gasteiger partial charge < -0.3 is 25.5 Å². The van der Waals surface area contributed by atoms with Gasteiger partial charge in [0.1, 0.15) is 23.7 Å². The zero-order valence-corrected chi connectivity index (χ0v) is 18.9. The fourth-order valence-corrected chi connectivity index (χ4v) is 3.72. The first-order valence-electron chi connectivity index (χ1n) is 11.1. The molecule has 178 valence electrons. The number of hydrogen-bond acceptors (Lipinski definition) is 8. The maximum atomic E-state index is 13.6. The summed E-state index contributed by atoms with van der Waals surface area (Å²) < 4.78 is 25.0. The molecule has 1 amide bonds. The number of nitrogens with zero attached hydrogens (tertiary/aromatic N) is 3. The first-order valence-corrected chi connectivity index (χ1v) is 11.1. The molecule has 0 saturated carbocycles. The first-order chi connectivity index (χ1) is 16.5. The molecule has 3 N–H and O–H groups in total. The van der Waals surface area contributed by atoms with Crippen molar-refractivity contribution in [1.82, 2.24) is 14.9 Å². The Morgan fingerprint density at radius 3 is 2.85 bits per heavy atom. The van der Waals surface area contributed by atoms with Gasteiger partial charge in [0.25, 0.3) is 5.91 Å². The number of carbonyl (C=O) groups is 1. The molecule has 1 saturated heterocycles. The van der Waals surface area contributed by atoms with Crippen molar-refractivity contribution in [3.63, 3.8) is 0 Å². The molecule has 0 spiro atoms. The molecule has 4 rings (SSSR count). The van der Waals surface area contributed by atoms with Gasteiger partial charge in [0.2, 0.25) is 0 Å². The van der Waals surface area contributed by atoms with Crippen molar-refractivity contribution < 1.29 is 18.7 Å². The summed E-state index contributed by atoms with van der Waals surface area (Å²) in [4.78, 5) is 22.9.